The molecule has 0 unspecified atom stereocenters. The van der Waals surface area contributed by atoms with Gasteiger partial charge in [0, 0.05) is 82.1 Å². The molecule has 0 spiro atoms. The first-order valence-electron chi connectivity index (χ1n) is 17.5. The van der Waals surface area contributed by atoms with Crippen LogP contribution in [0.2, 0.25) is 0 Å². The summed E-state index contributed by atoms with van der Waals surface area (Å²) in [5.74, 6) is 0.292. The van der Waals surface area contributed by atoms with Gasteiger partial charge in [-0.1, -0.05) is 41.5 Å². The number of hydrogen-bond donors (Lipinski definition) is 0. The van der Waals surface area contributed by atoms with E-state index < -0.39 is 0 Å². The number of allylic oxidation sites excluding steroid dienone is 7. The molecule has 0 amide bonds. The van der Waals surface area contributed by atoms with Crippen molar-refractivity contribution in [1.29, 1.82) is 0 Å². The number of unbranched alkanes of at least 4 members (excludes halogenated alkanes) is 1. The molecule has 0 saturated carbocycles. The monoisotopic (exact) mass is 683 g/mol. The van der Waals surface area contributed by atoms with Crippen molar-refractivity contribution in [2.24, 2.45) is 5.11 Å². The summed E-state index contributed by atoms with van der Waals surface area (Å²) in [5.41, 5.74) is 16.4. The molecule has 0 atom stereocenters. The van der Waals surface area contributed by atoms with E-state index in [1.807, 2.05) is 0 Å². The number of azide groups is 1. The molecular formula is C40H55N6O4+. The third kappa shape index (κ3) is 15.0. The molecule has 0 bridgehead atoms. The van der Waals surface area contributed by atoms with Gasteiger partial charge in [0.1, 0.15) is 19.9 Å². The Hall–Kier alpha value is -4.47. The third-order valence-corrected chi connectivity index (χ3v) is 8.25. The fourth-order valence-corrected chi connectivity index (χ4v) is 5.25. The van der Waals surface area contributed by atoms with E-state index in [1.54, 1.807) is 0 Å². The minimum atomic E-state index is 0.292. The van der Waals surface area contributed by atoms with E-state index in [1.165, 1.54) is 28.1 Å². The number of rotatable bonds is 23. The van der Waals surface area contributed by atoms with Gasteiger partial charge in [-0.05, 0) is 83.5 Å². The molecule has 0 saturated heterocycles. The predicted octanol–water partition coefficient (Wildman–Crippen LogP) is 7.37. The summed E-state index contributed by atoms with van der Waals surface area (Å²) in [4.78, 5) is 19.4. The molecule has 0 fully saturated rings. The molecule has 1 aliphatic carbocycles. The van der Waals surface area contributed by atoms with Crippen LogP contribution < -0.4 is 9.80 Å². The fourth-order valence-electron chi connectivity index (χ4n) is 5.25. The highest BCUT2D eigenvalue weighted by molar-refractivity contribution is 6.03. The van der Waals surface area contributed by atoms with Crippen LogP contribution in [0.1, 0.15) is 43.2 Å². The maximum absolute atomic E-state index is 12.3. The Morgan fingerprint density at radius 1 is 0.780 bits per heavy atom. The summed E-state index contributed by atoms with van der Waals surface area (Å²) in [6.07, 6.45) is 16.8. The van der Waals surface area contributed by atoms with Crippen LogP contribution in [-0.2, 0) is 19.0 Å². The van der Waals surface area contributed by atoms with Crippen molar-refractivity contribution in [3.63, 3.8) is 0 Å². The van der Waals surface area contributed by atoms with Crippen molar-refractivity contribution < 1.29 is 23.6 Å². The van der Waals surface area contributed by atoms with Gasteiger partial charge < -0.3 is 24.0 Å². The minimum Gasteiger partial charge on any atom is -0.379 e. The molecule has 0 aliphatic heterocycles. The van der Waals surface area contributed by atoms with Crippen LogP contribution in [0.25, 0.3) is 22.1 Å². The van der Waals surface area contributed by atoms with Gasteiger partial charge >= 0.3 is 0 Å². The first-order valence-corrected chi connectivity index (χ1v) is 17.5. The zero-order valence-corrected chi connectivity index (χ0v) is 30.6. The SMILES string of the molecule is CN(C)c1ccc(C(/C=C/c2ccc(N(C)CCCCC(=O)CCCOCCOCCOCCN=[N+]=[N-])cc2)=C2C=CC(=[N+](C)C)C=C2)cc1. The molecule has 268 valence electrons. The highest BCUT2D eigenvalue weighted by Gasteiger charge is 2.10. The molecule has 0 heterocycles. The Balaban J connectivity index is 1.38. The number of ether oxygens (including phenoxy) is 3. The van der Waals surface area contributed by atoms with E-state index in [4.69, 9.17) is 19.7 Å². The lowest BCUT2D eigenvalue weighted by Crippen LogP contribution is -2.18. The number of carbonyl (C=O) groups excluding carboxylic acids is 1. The molecule has 0 aromatic heterocycles. The van der Waals surface area contributed by atoms with Gasteiger partial charge in [0.15, 0.2) is 5.71 Å². The average Bonchev–Trinajstić information content (AvgIpc) is 3.12. The molecule has 0 N–H and O–H groups in total. The maximum Gasteiger partial charge on any atom is 0.199 e. The molecule has 10 nitrogen and oxygen atoms in total. The lowest BCUT2D eigenvalue weighted by atomic mass is 9.95. The van der Waals surface area contributed by atoms with E-state index in [9.17, 15) is 4.79 Å². The highest BCUT2D eigenvalue weighted by atomic mass is 16.5. The first kappa shape index (κ1) is 40.0. The van der Waals surface area contributed by atoms with E-state index in [0.29, 0.717) is 64.8 Å². The van der Waals surface area contributed by atoms with Crippen molar-refractivity contribution >= 4 is 34.5 Å². The Kier molecular flexibility index (Phi) is 18.4. The van der Waals surface area contributed by atoms with E-state index >= 15 is 0 Å². The predicted molar refractivity (Wildman–Crippen MR) is 206 cm³/mol. The average molecular weight is 684 g/mol. The summed E-state index contributed by atoms with van der Waals surface area (Å²) in [7, 11) is 10.3. The lowest BCUT2D eigenvalue weighted by Gasteiger charge is -2.19. The van der Waals surface area contributed by atoms with Gasteiger partial charge in [-0.25, -0.2) is 4.58 Å². The number of benzene rings is 2. The highest BCUT2D eigenvalue weighted by Crippen LogP contribution is 2.27. The second-order valence-corrected chi connectivity index (χ2v) is 12.5. The summed E-state index contributed by atoms with van der Waals surface area (Å²) in [5, 5.41) is 3.40. The van der Waals surface area contributed by atoms with Crippen molar-refractivity contribution in [3.8, 4) is 0 Å². The summed E-state index contributed by atoms with van der Waals surface area (Å²) < 4.78 is 18.4. The molecule has 0 radical (unpaired) electrons. The molecule has 3 rings (SSSR count). The van der Waals surface area contributed by atoms with Gasteiger partial charge in [0.25, 0.3) is 0 Å². The number of nitrogens with zero attached hydrogens (tertiary/aromatic N) is 6. The fraction of sp³-hybridized carbons (Fsp3) is 0.450. The van der Waals surface area contributed by atoms with Crippen molar-refractivity contribution in [3.05, 3.63) is 106 Å². The van der Waals surface area contributed by atoms with Crippen molar-refractivity contribution in [1.82, 2.24) is 0 Å². The Labute approximate surface area is 298 Å². The Morgan fingerprint density at radius 3 is 2.00 bits per heavy atom. The zero-order chi connectivity index (χ0) is 36.0. The largest absolute Gasteiger partial charge is 0.379 e. The summed E-state index contributed by atoms with van der Waals surface area (Å²) >= 11 is 0. The van der Waals surface area contributed by atoms with E-state index in [-0.39, 0.29) is 0 Å². The Bertz CT molecular complexity index is 1510. The van der Waals surface area contributed by atoms with Gasteiger partial charge in [0.05, 0.1) is 33.0 Å². The van der Waals surface area contributed by atoms with Crippen LogP contribution in [-0.4, -0.2) is 104 Å². The van der Waals surface area contributed by atoms with Crippen LogP contribution in [0, 0.1) is 0 Å². The standard InChI is InChI=1S/C40H55N6O4/c1-44(2)36-20-14-34(15-21-36)40(35-16-22-37(23-17-35)45(3)4)24-13-33-11-18-38(19-12-33)46(5)26-7-6-9-39(47)10-8-27-48-29-31-50-32-30-49-28-25-42-43-41/h11-24H,6-10,25-32H2,1-5H3/q+1. The van der Waals surface area contributed by atoms with Crippen LogP contribution in [0.15, 0.2) is 89.6 Å². The Morgan fingerprint density at radius 2 is 1.38 bits per heavy atom. The zero-order valence-electron chi connectivity index (χ0n) is 30.6. The van der Waals surface area contributed by atoms with Crippen molar-refractivity contribution in [2.45, 2.75) is 32.1 Å². The minimum absolute atomic E-state index is 0.292. The van der Waals surface area contributed by atoms with E-state index in [2.05, 4.69) is 145 Å². The smallest absolute Gasteiger partial charge is 0.199 e. The number of anilines is 2. The molecule has 2 aromatic rings. The molecular weight excluding hydrogens is 628 g/mol. The number of ketones is 1. The van der Waals surface area contributed by atoms with Gasteiger partial charge in [-0.3, -0.25) is 4.79 Å². The van der Waals surface area contributed by atoms with Crippen molar-refractivity contribution in [2.75, 3.05) is 97.8 Å². The van der Waals surface area contributed by atoms with Crippen LogP contribution in [0.5, 0.6) is 0 Å². The second kappa shape index (κ2) is 23.0. The summed E-state index contributed by atoms with van der Waals surface area (Å²) in [6.45, 7) is 4.07. The normalized spacial score (nSPS) is 12.3. The van der Waals surface area contributed by atoms with Gasteiger partial charge in [0.2, 0.25) is 0 Å². The van der Waals surface area contributed by atoms with E-state index in [0.717, 1.165) is 37.1 Å². The van der Waals surface area contributed by atoms with Gasteiger partial charge in [-0.2, -0.15) is 0 Å². The van der Waals surface area contributed by atoms with Crippen LogP contribution in [0.3, 0.4) is 0 Å². The third-order valence-electron chi connectivity index (χ3n) is 8.25. The quantitative estimate of drug-likeness (QED) is 0.0398. The topological polar surface area (TPSA) is 103 Å². The second-order valence-electron chi connectivity index (χ2n) is 12.5. The maximum atomic E-state index is 12.3. The molecule has 2 aromatic carbocycles. The lowest BCUT2D eigenvalue weighted by molar-refractivity contribution is -0.462. The summed E-state index contributed by atoms with van der Waals surface area (Å²) in [6, 6.07) is 17.3. The number of Topliss-reactive ketones (excluding diaryl/α,β-unsaturated/α-hetero) is 1. The number of carbonyl (C=O) groups is 1. The van der Waals surface area contributed by atoms with Crippen LogP contribution in [0.4, 0.5) is 11.4 Å². The van der Waals surface area contributed by atoms with Crippen LogP contribution >= 0.6 is 0 Å². The van der Waals surface area contributed by atoms with Gasteiger partial charge in [-0.15, -0.1) is 0 Å². The first-order chi connectivity index (χ1) is 24.3. The molecule has 10 heteroatoms. The number of hydrogen-bond acceptors (Lipinski definition) is 7. The molecule has 50 heavy (non-hydrogen) atoms. The molecule has 1 aliphatic rings.